The van der Waals surface area contributed by atoms with Crippen molar-refractivity contribution in [2.75, 3.05) is 13.6 Å². The summed E-state index contributed by atoms with van der Waals surface area (Å²) in [7, 11) is 1.75. The predicted octanol–water partition coefficient (Wildman–Crippen LogP) is 1.62. The van der Waals surface area contributed by atoms with Gasteiger partial charge in [-0.3, -0.25) is 14.7 Å². The Balaban J connectivity index is 0.000000921. The highest BCUT2D eigenvalue weighted by Gasteiger charge is 2.04. The van der Waals surface area contributed by atoms with Gasteiger partial charge in [-0.1, -0.05) is 19.9 Å². The molecule has 0 fully saturated rings. The molecule has 0 saturated carbocycles. The second-order valence-electron chi connectivity index (χ2n) is 2.89. The zero-order chi connectivity index (χ0) is 11.7. The van der Waals surface area contributed by atoms with Crippen LogP contribution >= 0.6 is 0 Å². The van der Waals surface area contributed by atoms with Gasteiger partial charge < -0.3 is 5.11 Å². The summed E-state index contributed by atoms with van der Waals surface area (Å²) in [5.74, 6) is -0.821. The lowest BCUT2D eigenvalue weighted by Gasteiger charge is -2.12. The normalized spacial score (nSPS) is 9.33. The van der Waals surface area contributed by atoms with Gasteiger partial charge in [0.25, 0.3) is 0 Å². The summed E-state index contributed by atoms with van der Waals surface area (Å²) in [4.78, 5) is 16.1. The second kappa shape index (κ2) is 7.94. The van der Waals surface area contributed by atoms with Crippen molar-refractivity contribution in [3.63, 3.8) is 0 Å². The molecule has 1 heterocycles. The molecule has 0 aromatic carbocycles. The van der Waals surface area contributed by atoms with E-state index in [0.717, 1.165) is 5.69 Å². The van der Waals surface area contributed by atoms with Crippen LogP contribution in [0.3, 0.4) is 0 Å². The van der Waals surface area contributed by atoms with Crippen LogP contribution in [0.2, 0.25) is 0 Å². The standard InChI is InChI=1S/C9H12N2O2.C2H6/c1-11(7-9(12)13)6-8-4-2-3-5-10-8;1-2/h2-5H,6-7H2,1H3,(H,12,13);1-2H3. The SMILES string of the molecule is CC.CN(CC(=O)O)Cc1ccccn1. The fraction of sp³-hybridized carbons (Fsp3) is 0.455. The molecule has 0 spiro atoms. The minimum atomic E-state index is -0.821. The molecule has 1 rings (SSSR count). The van der Waals surface area contributed by atoms with Crippen LogP contribution in [-0.2, 0) is 11.3 Å². The summed E-state index contributed by atoms with van der Waals surface area (Å²) in [5.41, 5.74) is 0.881. The van der Waals surface area contributed by atoms with Crippen LogP contribution < -0.4 is 0 Å². The van der Waals surface area contributed by atoms with Gasteiger partial charge in [-0.05, 0) is 19.2 Å². The van der Waals surface area contributed by atoms with Gasteiger partial charge in [0.05, 0.1) is 12.2 Å². The smallest absolute Gasteiger partial charge is 0.317 e. The van der Waals surface area contributed by atoms with Crippen molar-refractivity contribution in [1.29, 1.82) is 0 Å². The van der Waals surface area contributed by atoms with Crippen molar-refractivity contribution in [2.24, 2.45) is 0 Å². The first-order valence-corrected chi connectivity index (χ1v) is 4.98. The van der Waals surface area contributed by atoms with E-state index >= 15 is 0 Å². The lowest BCUT2D eigenvalue weighted by molar-refractivity contribution is -0.138. The first-order valence-electron chi connectivity index (χ1n) is 4.98. The molecule has 0 aliphatic heterocycles. The van der Waals surface area contributed by atoms with Gasteiger partial charge in [0.15, 0.2) is 0 Å². The zero-order valence-corrected chi connectivity index (χ0v) is 9.47. The quantitative estimate of drug-likeness (QED) is 0.820. The third kappa shape index (κ3) is 6.62. The highest BCUT2D eigenvalue weighted by molar-refractivity contribution is 5.68. The highest BCUT2D eigenvalue weighted by Crippen LogP contribution is 1.97. The van der Waals surface area contributed by atoms with E-state index in [4.69, 9.17) is 5.11 Å². The van der Waals surface area contributed by atoms with E-state index in [9.17, 15) is 4.79 Å². The van der Waals surface area contributed by atoms with E-state index in [1.54, 1.807) is 18.1 Å². The maximum absolute atomic E-state index is 10.3. The lowest BCUT2D eigenvalue weighted by Crippen LogP contribution is -2.25. The van der Waals surface area contributed by atoms with Gasteiger partial charge in [0.1, 0.15) is 0 Å². The third-order valence-electron chi connectivity index (χ3n) is 1.56. The molecular formula is C11H18N2O2. The molecule has 0 atom stereocenters. The predicted molar refractivity (Wildman–Crippen MR) is 59.6 cm³/mol. The zero-order valence-electron chi connectivity index (χ0n) is 9.47. The van der Waals surface area contributed by atoms with E-state index in [1.165, 1.54) is 0 Å². The maximum Gasteiger partial charge on any atom is 0.317 e. The van der Waals surface area contributed by atoms with Crippen molar-refractivity contribution in [3.05, 3.63) is 30.1 Å². The van der Waals surface area contributed by atoms with Crippen LogP contribution in [0.1, 0.15) is 19.5 Å². The van der Waals surface area contributed by atoms with Gasteiger partial charge in [0, 0.05) is 12.7 Å². The Hall–Kier alpha value is -1.42. The molecule has 0 saturated heterocycles. The first-order chi connectivity index (χ1) is 7.18. The Morgan fingerprint density at radius 2 is 2.13 bits per heavy atom. The number of carboxylic acids is 1. The topological polar surface area (TPSA) is 53.4 Å². The average molecular weight is 210 g/mol. The van der Waals surface area contributed by atoms with Gasteiger partial charge in [-0.15, -0.1) is 0 Å². The van der Waals surface area contributed by atoms with Crippen molar-refractivity contribution >= 4 is 5.97 Å². The molecule has 1 aromatic heterocycles. The molecule has 1 N–H and O–H groups in total. The summed E-state index contributed by atoms with van der Waals surface area (Å²) < 4.78 is 0. The molecule has 15 heavy (non-hydrogen) atoms. The number of nitrogens with zero attached hydrogens (tertiary/aromatic N) is 2. The molecule has 4 nitrogen and oxygen atoms in total. The Kier molecular flexibility index (Phi) is 7.18. The van der Waals surface area contributed by atoms with E-state index < -0.39 is 5.97 Å². The van der Waals surface area contributed by atoms with E-state index in [2.05, 4.69) is 4.98 Å². The number of aromatic nitrogens is 1. The van der Waals surface area contributed by atoms with E-state index in [0.29, 0.717) is 6.54 Å². The van der Waals surface area contributed by atoms with Crippen LogP contribution in [0.4, 0.5) is 0 Å². The molecule has 0 amide bonds. The van der Waals surface area contributed by atoms with Crippen LogP contribution in [0, 0.1) is 0 Å². The molecule has 84 valence electrons. The number of carbonyl (C=O) groups is 1. The lowest BCUT2D eigenvalue weighted by atomic mass is 10.3. The van der Waals surface area contributed by atoms with Crippen LogP contribution in [0.25, 0.3) is 0 Å². The maximum atomic E-state index is 10.3. The number of rotatable bonds is 4. The Morgan fingerprint density at radius 3 is 2.60 bits per heavy atom. The number of hydrogen-bond acceptors (Lipinski definition) is 3. The molecule has 0 radical (unpaired) electrons. The first kappa shape index (κ1) is 13.6. The number of aliphatic carboxylic acids is 1. The number of likely N-dealkylation sites (N-methyl/N-ethyl adjacent to an activating group) is 1. The van der Waals surface area contributed by atoms with Gasteiger partial charge >= 0.3 is 5.97 Å². The van der Waals surface area contributed by atoms with E-state index in [1.807, 2.05) is 32.0 Å². The summed E-state index contributed by atoms with van der Waals surface area (Å²) >= 11 is 0. The molecule has 0 aliphatic carbocycles. The van der Waals surface area contributed by atoms with Crippen molar-refractivity contribution < 1.29 is 9.90 Å². The van der Waals surface area contributed by atoms with Crippen molar-refractivity contribution in [2.45, 2.75) is 20.4 Å². The number of hydrogen-bond donors (Lipinski definition) is 1. The Morgan fingerprint density at radius 1 is 1.47 bits per heavy atom. The number of pyridine rings is 1. The monoisotopic (exact) mass is 210 g/mol. The van der Waals surface area contributed by atoms with Gasteiger partial charge in [0.2, 0.25) is 0 Å². The number of carboxylic acid groups (broad SMARTS) is 1. The summed E-state index contributed by atoms with van der Waals surface area (Å²) in [5, 5.41) is 8.50. The van der Waals surface area contributed by atoms with Gasteiger partial charge in [-0.25, -0.2) is 0 Å². The average Bonchev–Trinajstić information content (AvgIpc) is 2.21. The fourth-order valence-corrected chi connectivity index (χ4v) is 1.06. The molecule has 0 unspecified atom stereocenters. The molecule has 0 bridgehead atoms. The van der Waals surface area contributed by atoms with Crippen molar-refractivity contribution in [3.8, 4) is 0 Å². The minimum Gasteiger partial charge on any atom is -0.480 e. The third-order valence-corrected chi connectivity index (χ3v) is 1.56. The van der Waals surface area contributed by atoms with Crippen LogP contribution in [0.15, 0.2) is 24.4 Å². The summed E-state index contributed by atoms with van der Waals surface area (Å²) in [6.45, 7) is 4.60. The van der Waals surface area contributed by atoms with Crippen LogP contribution in [0.5, 0.6) is 0 Å². The minimum absolute atomic E-state index is 0.0383. The molecule has 1 aromatic rings. The van der Waals surface area contributed by atoms with Crippen molar-refractivity contribution in [1.82, 2.24) is 9.88 Å². The highest BCUT2D eigenvalue weighted by atomic mass is 16.4. The molecule has 0 aliphatic rings. The molecular weight excluding hydrogens is 192 g/mol. The van der Waals surface area contributed by atoms with E-state index in [-0.39, 0.29) is 6.54 Å². The summed E-state index contributed by atoms with van der Waals surface area (Å²) in [6.07, 6.45) is 1.70. The van der Waals surface area contributed by atoms with Gasteiger partial charge in [-0.2, -0.15) is 0 Å². The Labute approximate surface area is 90.6 Å². The fourth-order valence-electron chi connectivity index (χ4n) is 1.06. The van der Waals surface area contributed by atoms with Crippen LogP contribution in [-0.4, -0.2) is 34.6 Å². The largest absolute Gasteiger partial charge is 0.480 e. The second-order valence-corrected chi connectivity index (χ2v) is 2.89. The summed E-state index contributed by atoms with van der Waals surface area (Å²) in [6, 6.07) is 5.59. The Bertz CT molecular complexity index is 275. The molecule has 4 heteroatoms.